The van der Waals surface area contributed by atoms with Crippen LogP contribution in [0.15, 0.2) is 0 Å². The Balaban J connectivity index is 2.62. The van der Waals surface area contributed by atoms with E-state index in [-0.39, 0.29) is 13.0 Å². The minimum absolute atomic E-state index is 0.129. The van der Waals surface area contributed by atoms with Gasteiger partial charge >= 0.3 is 12.3 Å². The summed E-state index contributed by atoms with van der Waals surface area (Å²) >= 11 is 0. The van der Waals surface area contributed by atoms with E-state index in [0.717, 1.165) is 0 Å². The number of alkyl halides is 3. The highest BCUT2D eigenvalue weighted by Crippen LogP contribution is 2.31. The number of rotatable bonds is 1. The number of aliphatic hydroxyl groups excluding tert-OH is 1. The summed E-state index contributed by atoms with van der Waals surface area (Å²) in [4.78, 5) is 13.0. The normalized spacial score (nSPS) is 23.1. The number of hydrogen-bond donors (Lipinski definition) is 1. The van der Waals surface area contributed by atoms with Gasteiger partial charge in [-0.2, -0.15) is 13.2 Å². The van der Waals surface area contributed by atoms with Gasteiger partial charge in [-0.05, 0) is 33.6 Å². The van der Waals surface area contributed by atoms with Crippen LogP contribution < -0.4 is 0 Å². The highest BCUT2D eigenvalue weighted by molar-refractivity contribution is 5.68. The first-order valence-electron chi connectivity index (χ1n) is 6.23. The van der Waals surface area contributed by atoms with Gasteiger partial charge in [0.25, 0.3) is 0 Å². The third kappa shape index (κ3) is 4.89. The molecule has 1 aliphatic rings. The quantitative estimate of drug-likeness (QED) is 0.804. The lowest BCUT2D eigenvalue weighted by molar-refractivity contribution is -0.223. The number of carbonyl (C=O) groups excluding carboxylic acids is 1. The second-order valence-corrected chi connectivity index (χ2v) is 5.82. The molecule has 1 rings (SSSR count). The van der Waals surface area contributed by atoms with E-state index in [2.05, 4.69) is 0 Å². The summed E-state index contributed by atoms with van der Waals surface area (Å²) < 4.78 is 42.5. The van der Waals surface area contributed by atoms with Crippen molar-refractivity contribution < 1.29 is 27.8 Å². The number of aliphatic hydroxyl groups is 1. The summed E-state index contributed by atoms with van der Waals surface area (Å²) in [6, 6.07) is 0. The van der Waals surface area contributed by atoms with Crippen molar-refractivity contribution in [3.8, 4) is 0 Å². The van der Waals surface area contributed by atoms with Crippen molar-refractivity contribution in [3.05, 3.63) is 0 Å². The van der Waals surface area contributed by atoms with Crippen LogP contribution in [0.1, 0.15) is 33.6 Å². The number of amides is 1. The number of ether oxygens (including phenoxy) is 1. The van der Waals surface area contributed by atoms with Gasteiger partial charge < -0.3 is 14.7 Å². The van der Waals surface area contributed by atoms with Crippen LogP contribution in [-0.4, -0.2) is 47.1 Å². The van der Waals surface area contributed by atoms with E-state index in [9.17, 15) is 23.1 Å². The van der Waals surface area contributed by atoms with Crippen LogP contribution in [-0.2, 0) is 4.74 Å². The SMILES string of the molecule is CC(C)(C)OC(=O)N1CCCC([C@H](O)C(F)(F)F)C1. The molecule has 0 saturated carbocycles. The molecule has 1 fully saturated rings. The van der Waals surface area contributed by atoms with Crippen LogP contribution in [0.2, 0.25) is 0 Å². The number of nitrogens with zero attached hydrogens (tertiary/aromatic N) is 1. The van der Waals surface area contributed by atoms with Gasteiger partial charge in [-0.3, -0.25) is 0 Å². The first kappa shape index (κ1) is 16.1. The first-order chi connectivity index (χ1) is 8.50. The number of carbonyl (C=O) groups is 1. The molecular weight excluding hydrogens is 263 g/mol. The Labute approximate surface area is 110 Å². The lowest BCUT2D eigenvalue weighted by Crippen LogP contribution is -2.48. The molecule has 0 aliphatic carbocycles. The number of piperidine rings is 1. The van der Waals surface area contributed by atoms with Crippen LogP contribution >= 0.6 is 0 Å². The van der Waals surface area contributed by atoms with E-state index in [1.807, 2.05) is 0 Å². The molecule has 1 amide bonds. The third-order valence-electron chi connectivity index (χ3n) is 2.89. The maximum Gasteiger partial charge on any atom is 0.414 e. The van der Waals surface area contributed by atoms with Crippen LogP contribution in [0.4, 0.5) is 18.0 Å². The zero-order valence-corrected chi connectivity index (χ0v) is 11.3. The molecule has 1 aliphatic heterocycles. The van der Waals surface area contributed by atoms with E-state index in [1.54, 1.807) is 20.8 Å². The molecule has 1 heterocycles. The van der Waals surface area contributed by atoms with Gasteiger partial charge in [0.2, 0.25) is 0 Å². The standard InChI is InChI=1S/C12H20F3NO3/c1-11(2,3)19-10(18)16-6-4-5-8(7-16)9(17)12(13,14)15/h8-9,17H,4-7H2,1-3H3/t8?,9-/m0/s1. The summed E-state index contributed by atoms with van der Waals surface area (Å²) in [6.07, 6.45) is -7.00. The predicted molar refractivity (Wildman–Crippen MR) is 62.6 cm³/mol. The number of likely N-dealkylation sites (tertiary alicyclic amines) is 1. The molecule has 0 aromatic rings. The molecule has 0 spiro atoms. The van der Waals surface area contributed by atoms with Gasteiger partial charge in [-0.1, -0.05) is 0 Å². The maximum atomic E-state index is 12.4. The average molecular weight is 283 g/mol. The van der Waals surface area contributed by atoms with Gasteiger partial charge in [-0.25, -0.2) is 4.79 Å². The van der Waals surface area contributed by atoms with E-state index >= 15 is 0 Å². The Bertz CT molecular complexity index is 325. The lowest BCUT2D eigenvalue weighted by Gasteiger charge is -2.36. The zero-order valence-electron chi connectivity index (χ0n) is 11.3. The van der Waals surface area contributed by atoms with Gasteiger partial charge in [0.1, 0.15) is 5.60 Å². The van der Waals surface area contributed by atoms with Crippen molar-refractivity contribution in [2.45, 2.75) is 51.5 Å². The summed E-state index contributed by atoms with van der Waals surface area (Å²) in [5, 5.41) is 9.24. The monoisotopic (exact) mass is 283 g/mol. The van der Waals surface area contributed by atoms with E-state index in [4.69, 9.17) is 4.74 Å². The molecule has 1 N–H and O–H groups in total. The second-order valence-electron chi connectivity index (χ2n) is 5.82. The van der Waals surface area contributed by atoms with Crippen LogP contribution in [0, 0.1) is 5.92 Å². The van der Waals surface area contributed by atoms with E-state index in [0.29, 0.717) is 13.0 Å². The summed E-state index contributed by atoms with van der Waals surface area (Å²) in [5.74, 6) is -0.985. The van der Waals surface area contributed by atoms with Crippen LogP contribution in [0.3, 0.4) is 0 Å². The summed E-state index contributed by atoms with van der Waals surface area (Å²) in [7, 11) is 0. The van der Waals surface area contributed by atoms with E-state index < -0.39 is 29.9 Å². The van der Waals surface area contributed by atoms with Gasteiger partial charge in [0.15, 0.2) is 6.10 Å². The van der Waals surface area contributed by atoms with Crippen molar-refractivity contribution in [3.63, 3.8) is 0 Å². The Kier molecular flexibility index (Phi) is 4.71. The molecule has 0 aromatic heterocycles. The molecular formula is C12H20F3NO3. The Morgan fingerprint density at radius 2 is 1.95 bits per heavy atom. The molecule has 0 radical (unpaired) electrons. The Morgan fingerprint density at radius 1 is 1.37 bits per heavy atom. The third-order valence-corrected chi connectivity index (χ3v) is 2.89. The van der Waals surface area contributed by atoms with Crippen molar-refractivity contribution in [2.75, 3.05) is 13.1 Å². The van der Waals surface area contributed by atoms with E-state index in [1.165, 1.54) is 4.90 Å². The number of hydrogen-bond acceptors (Lipinski definition) is 3. The molecule has 0 bridgehead atoms. The second kappa shape index (κ2) is 5.56. The molecule has 19 heavy (non-hydrogen) atoms. The minimum atomic E-state index is -4.65. The largest absolute Gasteiger partial charge is 0.444 e. The fraction of sp³-hybridized carbons (Fsp3) is 0.917. The maximum absolute atomic E-state index is 12.4. The molecule has 112 valence electrons. The van der Waals surface area contributed by atoms with Gasteiger partial charge in [-0.15, -0.1) is 0 Å². The molecule has 0 aromatic carbocycles. The lowest BCUT2D eigenvalue weighted by atomic mass is 9.92. The first-order valence-corrected chi connectivity index (χ1v) is 6.23. The number of halogens is 3. The van der Waals surface area contributed by atoms with Gasteiger partial charge in [0.05, 0.1) is 0 Å². The highest BCUT2D eigenvalue weighted by atomic mass is 19.4. The fourth-order valence-corrected chi connectivity index (χ4v) is 2.03. The van der Waals surface area contributed by atoms with Crippen LogP contribution in [0.5, 0.6) is 0 Å². The zero-order chi connectivity index (χ0) is 14.8. The van der Waals surface area contributed by atoms with Crippen LogP contribution in [0.25, 0.3) is 0 Å². The Morgan fingerprint density at radius 3 is 2.42 bits per heavy atom. The topological polar surface area (TPSA) is 49.8 Å². The highest BCUT2D eigenvalue weighted by Gasteiger charge is 2.45. The van der Waals surface area contributed by atoms with Crippen molar-refractivity contribution in [1.82, 2.24) is 4.90 Å². The molecule has 2 atom stereocenters. The summed E-state index contributed by atoms with van der Waals surface area (Å²) in [6.45, 7) is 5.30. The smallest absolute Gasteiger partial charge is 0.414 e. The molecule has 7 heteroatoms. The van der Waals surface area contributed by atoms with Crippen molar-refractivity contribution in [1.29, 1.82) is 0 Å². The van der Waals surface area contributed by atoms with Crippen molar-refractivity contribution in [2.24, 2.45) is 5.92 Å². The van der Waals surface area contributed by atoms with Crippen molar-refractivity contribution >= 4 is 6.09 Å². The van der Waals surface area contributed by atoms with Gasteiger partial charge in [0, 0.05) is 19.0 Å². The fourth-order valence-electron chi connectivity index (χ4n) is 2.03. The summed E-state index contributed by atoms with van der Waals surface area (Å²) in [5.41, 5.74) is -0.688. The molecule has 1 unspecified atom stereocenters. The Hall–Kier alpha value is -0.980. The predicted octanol–water partition coefficient (Wildman–Crippen LogP) is 2.56. The minimum Gasteiger partial charge on any atom is -0.444 e. The average Bonchev–Trinajstić information content (AvgIpc) is 2.24. The molecule has 1 saturated heterocycles. The molecule has 4 nitrogen and oxygen atoms in total.